The molecule has 0 aromatic heterocycles. The van der Waals surface area contributed by atoms with Crippen molar-refractivity contribution in [2.24, 2.45) is 23.7 Å². The second kappa shape index (κ2) is 3.74. The van der Waals surface area contributed by atoms with Gasteiger partial charge in [0, 0.05) is 12.1 Å². The summed E-state index contributed by atoms with van der Waals surface area (Å²) in [6.45, 7) is 2.38. The molecular weight excluding hydrogens is 186 g/mol. The lowest BCUT2D eigenvalue weighted by Gasteiger charge is -2.55. The third kappa shape index (κ3) is 1.72. The Kier molecular flexibility index (Phi) is 2.52. The smallest absolute Gasteiger partial charge is 0.0582 e. The zero-order valence-electron chi connectivity index (χ0n) is 9.65. The quantitative estimate of drug-likeness (QED) is 0.742. The summed E-state index contributed by atoms with van der Waals surface area (Å²) >= 11 is 0. The Morgan fingerprint density at radius 2 is 1.60 bits per heavy atom. The topological polar surface area (TPSA) is 32.3 Å². The minimum Gasteiger partial charge on any atom is -0.395 e. The molecule has 4 fully saturated rings. The number of aliphatic hydroxyl groups is 1. The Morgan fingerprint density at radius 3 is 2.07 bits per heavy atom. The van der Waals surface area contributed by atoms with Crippen LogP contribution in [0.4, 0.5) is 0 Å². The van der Waals surface area contributed by atoms with E-state index >= 15 is 0 Å². The second-order valence-electron chi connectivity index (χ2n) is 6.21. The molecule has 0 radical (unpaired) electrons. The maximum Gasteiger partial charge on any atom is 0.0582 e. The first-order valence-electron chi connectivity index (χ1n) is 6.63. The minimum absolute atomic E-state index is 0.281. The molecule has 2 heteroatoms. The summed E-state index contributed by atoms with van der Waals surface area (Å²) in [5.74, 6) is 3.95. The van der Waals surface area contributed by atoms with E-state index in [1.165, 1.54) is 32.1 Å². The van der Waals surface area contributed by atoms with Crippen LogP contribution < -0.4 is 5.32 Å². The fourth-order valence-corrected chi connectivity index (χ4v) is 4.58. The monoisotopic (exact) mass is 209 g/mol. The van der Waals surface area contributed by atoms with Gasteiger partial charge in [-0.05, 0) is 62.7 Å². The van der Waals surface area contributed by atoms with E-state index in [1.54, 1.807) is 0 Å². The molecular formula is C13H23NO. The van der Waals surface area contributed by atoms with Crippen LogP contribution in [0.3, 0.4) is 0 Å². The average Bonchev–Trinajstić information content (AvgIpc) is 2.22. The number of hydrogen-bond acceptors (Lipinski definition) is 2. The van der Waals surface area contributed by atoms with Crippen LogP contribution in [-0.4, -0.2) is 23.8 Å². The predicted octanol–water partition coefficient (Wildman–Crippen LogP) is 1.78. The van der Waals surface area contributed by atoms with Crippen LogP contribution >= 0.6 is 0 Å². The zero-order chi connectivity index (χ0) is 10.4. The van der Waals surface area contributed by atoms with Gasteiger partial charge in [-0.3, -0.25) is 0 Å². The molecule has 0 spiro atoms. The van der Waals surface area contributed by atoms with Gasteiger partial charge in [-0.25, -0.2) is 0 Å². The van der Waals surface area contributed by atoms with Crippen LogP contribution in [0.2, 0.25) is 0 Å². The normalized spacial score (nSPS) is 49.6. The van der Waals surface area contributed by atoms with Crippen molar-refractivity contribution in [1.29, 1.82) is 0 Å². The third-order valence-corrected chi connectivity index (χ3v) is 4.98. The first kappa shape index (κ1) is 10.1. The summed E-state index contributed by atoms with van der Waals surface area (Å²) in [6, 6.07) is 1.01. The number of hydrogen-bond donors (Lipinski definition) is 2. The van der Waals surface area contributed by atoms with Crippen molar-refractivity contribution in [2.75, 3.05) is 6.61 Å². The molecule has 0 aromatic carbocycles. The van der Waals surface area contributed by atoms with Gasteiger partial charge in [0.05, 0.1) is 6.61 Å². The molecule has 15 heavy (non-hydrogen) atoms. The molecule has 0 saturated heterocycles. The van der Waals surface area contributed by atoms with Crippen molar-refractivity contribution < 1.29 is 5.11 Å². The average molecular weight is 209 g/mol. The predicted molar refractivity (Wildman–Crippen MR) is 60.5 cm³/mol. The van der Waals surface area contributed by atoms with Gasteiger partial charge in [-0.15, -0.1) is 0 Å². The van der Waals surface area contributed by atoms with Crippen LogP contribution in [0, 0.1) is 23.7 Å². The second-order valence-corrected chi connectivity index (χ2v) is 6.21. The highest BCUT2D eigenvalue weighted by Crippen LogP contribution is 2.53. The van der Waals surface area contributed by atoms with Crippen LogP contribution in [0.1, 0.15) is 39.0 Å². The highest BCUT2D eigenvalue weighted by atomic mass is 16.3. The number of aliphatic hydroxyl groups excluding tert-OH is 1. The van der Waals surface area contributed by atoms with Crippen molar-refractivity contribution in [3.63, 3.8) is 0 Å². The van der Waals surface area contributed by atoms with Gasteiger partial charge in [-0.1, -0.05) is 0 Å². The van der Waals surface area contributed by atoms with E-state index in [1.807, 2.05) is 0 Å². The fraction of sp³-hybridized carbons (Fsp3) is 1.00. The largest absolute Gasteiger partial charge is 0.395 e. The van der Waals surface area contributed by atoms with E-state index < -0.39 is 0 Å². The van der Waals surface area contributed by atoms with Gasteiger partial charge < -0.3 is 10.4 Å². The molecule has 4 bridgehead atoms. The summed E-state index contributed by atoms with van der Waals surface area (Å²) in [5.41, 5.74) is 0. The van der Waals surface area contributed by atoms with E-state index in [-0.39, 0.29) is 12.6 Å². The molecule has 2 N–H and O–H groups in total. The lowest BCUT2D eigenvalue weighted by atomic mass is 9.54. The standard InChI is InChI=1S/C13H23NO/c1-8(7-15)14-13-11-3-9-2-10(5-11)6-12(13)4-9/h8-15H,2-7H2,1H3/t8-,9?,10?,11?,12?,13?/m0/s1. The zero-order valence-corrected chi connectivity index (χ0v) is 9.65. The molecule has 1 atom stereocenters. The van der Waals surface area contributed by atoms with Gasteiger partial charge in [0.1, 0.15) is 0 Å². The first-order chi connectivity index (χ1) is 7.26. The van der Waals surface area contributed by atoms with Crippen molar-refractivity contribution in [2.45, 2.75) is 51.1 Å². The van der Waals surface area contributed by atoms with Gasteiger partial charge in [0.15, 0.2) is 0 Å². The SMILES string of the molecule is C[C@@H](CO)NC1C2CC3CC(C2)CC1C3. The Morgan fingerprint density at radius 1 is 1.07 bits per heavy atom. The molecule has 86 valence electrons. The first-order valence-corrected chi connectivity index (χ1v) is 6.63. The summed E-state index contributed by atoms with van der Waals surface area (Å²) in [6.07, 6.45) is 7.37. The van der Waals surface area contributed by atoms with E-state index in [0.29, 0.717) is 0 Å². The van der Waals surface area contributed by atoms with Gasteiger partial charge in [-0.2, -0.15) is 0 Å². The molecule has 4 aliphatic rings. The molecule has 4 aliphatic carbocycles. The van der Waals surface area contributed by atoms with Gasteiger partial charge >= 0.3 is 0 Å². The van der Waals surface area contributed by atoms with Crippen molar-refractivity contribution >= 4 is 0 Å². The van der Waals surface area contributed by atoms with Crippen molar-refractivity contribution in [1.82, 2.24) is 5.32 Å². The molecule has 0 aromatic rings. The number of nitrogens with one attached hydrogen (secondary N) is 1. The molecule has 2 nitrogen and oxygen atoms in total. The Labute approximate surface area is 92.4 Å². The highest BCUT2D eigenvalue weighted by molar-refractivity contribution is 5.01. The lowest BCUT2D eigenvalue weighted by Crippen LogP contribution is -2.56. The molecule has 4 rings (SSSR count). The highest BCUT2D eigenvalue weighted by Gasteiger charge is 2.48. The summed E-state index contributed by atoms with van der Waals surface area (Å²) in [5, 5.41) is 12.8. The Hall–Kier alpha value is -0.0800. The fourth-order valence-electron chi connectivity index (χ4n) is 4.58. The molecule has 0 amide bonds. The summed E-state index contributed by atoms with van der Waals surface area (Å²) in [7, 11) is 0. The Balaban J connectivity index is 1.69. The van der Waals surface area contributed by atoms with Crippen LogP contribution in [0.25, 0.3) is 0 Å². The summed E-state index contributed by atoms with van der Waals surface area (Å²) < 4.78 is 0. The van der Waals surface area contributed by atoms with E-state index in [4.69, 9.17) is 5.11 Å². The van der Waals surface area contributed by atoms with Gasteiger partial charge in [0.25, 0.3) is 0 Å². The lowest BCUT2D eigenvalue weighted by molar-refractivity contribution is -0.0191. The minimum atomic E-state index is 0.281. The van der Waals surface area contributed by atoms with Crippen LogP contribution in [-0.2, 0) is 0 Å². The van der Waals surface area contributed by atoms with Crippen LogP contribution in [0.15, 0.2) is 0 Å². The molecule has 0 unspecified atom stereocenters. The maximum absolute atomic E-state index is 9.13. The molecule has 4 saturated carbocycles. The number of rotatable bonds is 3. The van der Waals surface area contributed by atoms with Crippen molar-refractivity contribution in [3.8, 4) is 0 Å². The van der Waals surface area contributed by atoms with Crippen LogP contribution in [0.5, 0.6) is 0 Å². The van der Waals surface area contributed by atoms with Crippen molar-refractivity contribution in [3.05, 3.63) is 0 Å². The van der Waals surface area contributed by atoms with E-state index in [9.17, 15) is 0 Å². The molecule has 0 heterocycles. The van der Waals surface area contributed by atoms with Gasteiger partial charge in [0.2, 0.25) is 0 Å². The summed E-state index contributed by atoms with van der Waals surface area (Å²) in [4.78, 5) is 0. The van der Waals surface area contributed by atoms with E-state index in [2.05, 4.69) is 12.2 Å². The molecule has 0 aliphatic heterocycles. The third-order valence-electron chi connectivity index (χ3n) is 4.98. The van der Waals surface area contributed by atoms with E-state index in [0.717, 1.165) is 29.7 Å². The maximum atomic E-state index is 9.13. The Bertz CT molecular complexity index is 213.